The number of rotatable bonds is 1. The van der Waals surface area contributed by atoms with Crippen molar-refractivity contribution < 1.29 is 4.79 Å². The van der Waals surface area contributed by atoms with Crippen LogP contribution in [0.4, 0.5) is 5.69 Å². The second-order valence-electron chi connectivity index (χ2n) is 6.44. The van der Waals surface area contributed by atoms with Crippen LogP contribution in [-0.2, 0) is 0 Å². The fourth-order valence-electron chi connectivity index (χ4n) is 3.83. The molecule has 1 aromatic carbocycles. The Kier molecular flexibility index (Phi) is 3.68. The predicted octanol–water partition coefficient (Wildman–Crippen LogP) is 3.23. The first-order chi connectivity index (χ1) is 9.65. The molecule has 108 valence electrons. The van der Waals surface area contributed by atoms with Gasteiger partial charge in [0.05, 0.1) is 5.56 Å². The van der Waals surface area contributed by atoms with Crippen LogP contribution >= 0.6 is 0 Å². The molecule has 0 radical (unpaired) electrons. The smallest absolute Gasteiger partial charge is 0.255 e. The highest BCUT2D eigenvalue weighted by atomic mass is 16.2. The fourth-order valence-corrected chi connectivity index (χ4v) is 3.83. The zero-order chi connectivity index (χ0) is 14.1. The number of likely N-dealkylation sites (tertiary alicyclic amines) is 1. The van der Waals surface area contributed by atoms with Gasteiger partial charge < -0.3 is 10.6 Å². The maximum absolute atomic E-state index is 12.7. The molecule has 20 heavy (non-hydrogen) atoms. The number of aryl methyl sites for hydroxylation is 1. The Balaban J connectivity index is 1.74. The van der Waals surface area contributed by atoms with Crippen molar-refractivity contribution in [3.05, 3.63) is 29.3 Å². The van der Waals surface area contributed by atoms with E-state index in [0.717, 1.165) is 24.6 Å². The number of benzene rings is 1. The highest BCUT2D eigenvalue weighted by Crippen LogP contribution is 2.36. The Morgan fingerprint density at radius 1 is 1.20 bits per heavy atom. The van der Waals surface area contributed by atoms with Gasteiger partial charge in [-0.05, 0) is 49.3 Å². The van der Waals surface area contributed by atoms with Gasteiger partial charge in [0, 0.05) is 18.8 Å². The third-order valence-corrected chi connectivity index (χ3v) is 5.02. The van der Waals surface area contributed by atoms with Gasteiger partial charge >= 0.3 is 0 Å². The molecule has 3 heteroatoms. The monoisotopic (exact) mass is 272 g/mol. The molecule has 3 rings (SSSR count). The molecular formula is C17H24N2O. The lowest BCUT2D eigenvalue weighted by Crippen LogP contribution is -2.44. The highest BCUT2D eigenvalue weighted by Gasteiger charge is 2.33. The molecule has 2 unspecified atom stereocenters. The quantitative estimate of drug-likeness (QED) is 0.798. The Morgan fingerprint density at radius 2 is 1.95 bits per heavy atom. The largest absolute Gasteiger partial charge is 0.398 e. The maximum Gasteiger partial charge on any atom is 0.255 e. The van der Waals surface area contributed by atoms with Crippen molar-refractivity contribution in [3.63, 3.8) is 0 Å². The Bertz CT molecular complexity index is 512. The standard InChI is InChI=1S/C17H24N2O/c1-12-6-7-15(16(18)10-12)17(20)19-9-8-13-4-2-3-5-14(13)11-19/h6-7,10,13-14H,2-5,8-9,11,18H2,1H3. The van der Waals surface area contributed by atoms with Gasteiger partial charge in [0.1, 0.15) is 0 Å². The first-order valence-electron chi connectivity index (χ1n) is 7.80. The van der Waals surface area contributed by atoms with Crippen LogP contribution in [-0.4, -0.2) is 23.9 Å². The summed E-state index contributed by atoms with van der Waals surface area (Å²) in [5.74, 6) is 1.68. The zero-order valence-corrected chi connectivity index (χ0v) is 12.3. The lowest BCUT2D eigenvalue weighted by molar-refractivity contribution is 0.0522. The summed E-state index contributed by atoms with van der Waals surface area (Å²) < 4.78 is 0. The van der Waals surface area contributed by atoms with Crippen LogP contribution in [0.2, 0.25) is 0 Å². The van der Waals surface area contributed by atoms with Gasteiger partial charge in [-0.2, -0.15) is 0 Å². The third kappa shape index (κ3) is 2.54. The summed E-state index contributed by atoms with van der Waals surface area (Å²) in [6.45, 7) is 3.82. The number of hydrogen-bond acceptors (Lipinski definition) is 2. The molecule has 3 nitrogen and oxygen atoms in total. The average Bonchev–Trinajstić information content (AvgIpc) is 2.46. The first kappa shape index (κ1) is 13.5. The summed E-state index contributed by atoms with van der Waals surface area (Å²) in [6.07, 6.45) is 6.52. The van der Waals surface area contributed by atoms with Crippen molar-refractivity contribution in [1.29, 1.82) is 0 Å². The normalized spacial score (nSPS) is 26.1. The number of amides is 1. The van der Waals surface area contributed by atoms with Crippen molar-refractivity contribution in [2.24, 2.45) is 11.8 Å². The van der Waals surface area contributed by atoms with Crippen molar-refractivity contribution in [1.82, 2.24) is 4.90 Å². The minimum Gasteiger partial charge on any atom is -0.398 e. The van der Waals surface area contributed by atoms with Gasteiger partial charge in [0.15, 0.2) is 0 Å². The summed E-state index contributed by atoms with van der Waals surface area (Å²) >= 11 is 0. The molecule has 0 spiro atoms. The number of fused-ring (bicyclic) bond motifs is 1. The van der Waals surface area contributed by atoms with Crippen LogP contribution in [0.25, 0.3) is 0 Å². The van der Waals surface area contributed by atoms with Gasteiger partial charge in [-0.15, -0.1) is 0 Å². The molecule has 1 aliphatic carbocycles. The number of carbonyl (C=O) groups is 1. The highest BCUT2D eigenvalue weighted by molar-refractivity contribution is 5.99. The van der Waals surface area contributed by atoms with Crippen LogP contribution < -0.4 is 5.73 Å². The lowest BCUT2D eigenvalue weighted by Gasteiger charge is -2.41. The SMILES string of the molecule is Cc1ccc(C(=O)N2CCC3CCCCC3C2)c(N)c1. The molecule has 1 aliphatic heterocycles. The van der Waals surface area contributed by atoms with Gasteiger partial charge in [0.25, 0.3) is 5.91 Å². The van der Waals surface area contributed by atoms with Crippen LogP contribution in [0.1, 0.15) is 48.0 Å². The van der Waals surface area contributed by atoms with Gasteiger partial charge in [-0.25, -0.2) is 0 Å². The molecule has 2 N–H and O–H groups in total. The van der Waals surface area contributed by atoms with E-state index in [-0.39, 0.29) is 5.91 Å². The summed E-state index contributed by atoms with van der Waals surface area (Å²) in [6, 6.07) is 5.73. The molecule has 0 aromatic heterocycles. The zero-order valence-electron chi connectivity index (χ0n) is 12.3. The molecule has 1 aromatic rings. The molecule has 2 fully saturated rings. The predicted molar refractivity (Wildman–Crippen MR) is 81.6 cm³/mol. The van der Waals surface area contributed by atoms with E-state index >= 15 is 0 Å². The molecule has 2 atom stereocenters. The van der Waals surface area contributed by atoms with Crippen LogP contribution in [0.15, 0.2) is 18.2 Å². The summed E-state index contributed by atoms with van der Waals surface area (Å²) in [5.41, 5.74) is 8.40. The molecule has 1 saturated carbocycles. The topological polar surface area (TPSA) is 46.3 Å². The van der Waals surface area contributed by atoms with Crippen molar-refractivity contribution in [2.45, 2.75) is 39.0 Å². The van der Waals surface area contributed by atoms with E-state index in [0.29, 0.717) is 17.2 Å². The maximum atomic E-state index is 12.7. The molecule has 2 aliphatic rings. The first-order valence-corrected chi connectivity index (χ1v) is 7.80. The molecule has 1 heterocycles. The Hall–Kier alpha value is -1.51. The number of carbonyl (C=O) groups excluding carboxylic acids is 1. The summed E-state index contributed by atoms with van der Waals surface area (Å²) in [4.78, 5) is 14.7. The Morgan fingerprint density at radius 3 is 2.70 bits per heavy atom. The fraction of sp³-hybridized carbons (Fsp3) is 0.588. The van der Waals surface area contributed by atoms with Gasteiger partial charge in [-0.3, -0.25) is 4.79 Å². The Labute approximate surface area is 121 Å². The van der Waals surface area contributed by atoms with Crippen LogP contribution in [0.5, 0.6) is 0 Å². The third-order valence-electron chi connectivity index (χ3n) is 5.02. The minimum atomic E-state index is 0.117. The van der Waals surface area contributed by atoms with E-state index in [1.807, 2.05) is 30.0 Å². The van der Waals surface area contributed by atoms with E-state index in [1.54, 1.807) is 0 Å². The van der Waals surface area contributed by atoms with Crippen molar-refractivity contribution >= 4 is 11.6 Å². The van der Waals surface area contributed by atoms with Crippen molar-refractivity contribution in [3.8, 4) is 0 Å². The molecule has 0 bridgehead atoms. The average molecular weight is 272 g/mol. The number of anilines is 1. The van der Waals surface area contributed by atoms with E-state index in [4.69, 9.17) is 5.73 Å². The van der Waals surface area contributed by atoms with Gasteiger partial charge in [-0.1, -0.05) is 25.3 Å². The van der Waals surface area contributed by atoms with E-state index in [9.17, 15) is 4.79 Å². The number of hydrogen-bond donors (Lipinski definition) is 1. The van der Waals surface area contributed by atoms with Crippen LogP contribution in [0.3, 0.4) is 0 Å². The number of piperidine rings is 1. The van der Waals surface area contributed by atoms with E-state index in [2.05, 4.69) is 0 Å². The van der Waals surface area contributed by atoms with E-state index < -0.39 is 0 Å². The number of nitrogen functional groups attached to an aromatic ring is 1. The second kappa shape index (κ2) is 5.47. The second-order valence-corrected chi connectivity index (χ2v) is 6.44. The molecule has 1 saturated heterocycles. The van der Waals surface area contributed by atoms with Crippen molar-refractivity contribution in [2.75, 3.05) is 18.8 Å². The van der Waals surface area contributed by atoms with Gasteiger partial charge in [0.2, 0.25) is 0 Å². The summed E-state index contributed by atoms with van der Waals surface area (Å²) in [7, 11) is 0. The number of nitrogens with two attached hydrogens (primary N) is 1. The van der Waals surface area contributed by atoms with E-state index in [1.165, 1.54) is 32.1 Å². The minimum absolute atomic E-state index is 0.117. The number of nitrogens with zero attached hydrogens (tertiary/aromatic N) is 1. The lowest BCUT2D eigenvalue weighted by atomic mass is 9.75. The van der Waals surface area contributed by atoms with Crippen LogP contribution in [0, 0.1) is 18.8 Å². The molecule has 1 amide bonds. The molecular weight excluding hydrogens is 248 g/mol. The summed E-state index contributed by atoms with van der Waals surface area (Å²) in [5, 5.41) is 0.